The monoisotopic (exact) mass is 465 g/mol. The van der Waals surface area contributed by atoms with Crippen LogP contribution in [0.15, 0.2) is 47.4 Å². The van der Waals surface area contributed by atoms with Gasteiger partial charge in [0.15, 0.2) is 11.5 Å². The lowest BCUT2D eigenvalue weighted by molar-refractivity contribution is -0.148. The van der Waals surface area contributed by atoms with Gasteiger partial charge >= 0.3 is 5.97 Å². The van der Waals surface area contributed by atoms with E-state index in [9.17, 15) is 13.2 Å². The summed E-state index contributed by atoms with van der Waals surface area (Å²) in [6.07, 6.45) is 0. The predicted molar refractivity (Wildman–Crippen MR) is 120 cm³/mol. The third kappa shape index (κ3) is 5.34. The molecule has 0 radical (unpaired) electrons. The van der Waals surface area contributed by atoms with Crippen molar-refractivity contribution < 1.29 is 27.4 Å². The number of sulfonamides is 1. The molecule has 0 saturated carbocycles. The van der Waals surface area contributed by atoms with Gasteiger partial charge in [0.1, 0.15) is 12.6 Å². The number of benzene rings is 2. The van der Waals surface area contributed by atoms with Crippen LogP contribution in [0.1, 0.15) is 18.1 Å². The summed E-state index contributed by atoms with van der Waals surface area (Å²) in [6.45, 7) is 4.45. The largest absolute Gasteiger partial charge is 0.492 e. The van der Waals surface area contributed by atoms with E-state index in [0.29, 0.717) is 35.2 Å². The molecule has 2 aromatic rings. The highest BCUT2D eigenvalue weighted by molar-refractivity contribution is 7.99. The Balaban J connectivity index is 1.77. The second-order valence-corrected chi connectivity index (χ2v) is 10.0. The molecule has 0 unspecified atom stereocenters. The maximum atomic E-state index is 13.2. The molecule has 2 aromatic carbocycles. The minimum atomic E-state index is -3.81. The third-order valence-corrected chi connectivity index (χ3v) is 7.86. The molecule has 31 heavy (non-hydrogen) atoms. The van der Waals surface area contributed by atoms with Crippen LogP contribution in [-0.2, 0) is 26.2 Å². The Morgan fingerprint density at radius 2 is 1.94 bits per heavy atom. The number of esters is 1. The molecule has 0 aliphatic carbocycles. The Morgan fingerprint density at radius 3 is 2.61 bits per heavy atom. The fourth-order valence-corrected chi connectivity index (χ4v) is 6.15. The number of nitrogens with zero attached hydrogens (tertiary/aromatic N) is 1. The first kappa shape index (κ1) is 23.4. The summed E-state index contributed by atoms with van der Waals surface area (Å²) in [7, 11) is -2.28. The van der Waals surface area contributed by atoms with E-state index in [1.54, 1.807) is 42.5 Å². The van der Waals surface area contributed by atoms with Gasteiger partial charge in [-0.15, -0.1) is 0 Å². The van der Waals surface area contributed by atoms with E-state index in [1.807, 2.05) is 13.8 Å². The topological polar surface area (TPSA) is 82.1 Å². The number of ether oxygens (including phenoxy) is 3. The van der Waals surface area contributed by atoms with Gasteiger partial charge in [0, 0.05) is 23.6 Å². The van der Waals surface area contributed by atoms with E-state index in [2.05, 4.69) is 0 Å². The van der Waals surface area contributed by atoms with E-state index in [4.69, 9.17) is 14.2 Å². The number of carbonyl (C=O) groups is 1. The first-order valence-corrected chi connectivity index (χ1v) is 12.6. The van der Waals surface area contributed by atoms with Gasteiger partial charge in [-0.25, -0.2) is 8.42 Å². The molecule has 0 aromatic heterocycles. The lowest BCUT2D eigenvalue weighted by Crippen LogP contribution is -2.50. The van der Waals surface area contributed by atoms with Crippen LogP contribution in [0.3, 0.4) is 0 Å². The molecule has 0 N–H and O–H groups in total. The van der Waals surface area contributed by atoms with Gasteiger partial charge in [-0.05, 0) is 32.0 Å². The Hall–Kier alpha value is -2.23. The summed E-state index contributed by atoms with van der Waals surface area (Å²) < 4.78 is 44.1. The molecule has 1 atom stereocenters. The third-order valence-electron chi connectivity index (χ3n) is 4.91. The quantitative estimate of drug-likeness (QED) is 0.554. The van der Waals surface area contributed by atoms with Gasteiger partial charge in [-0.3, -0.25) is 4.79 Å². The minimum absolute atomic E-state index is 0.0392. The molecule has 0 bridgehead atoms. The zero-order chi connectivity index (χ0) is 22.4. The fourth-order valence-electron chi connectivity index (χ4n) is 3.33. The highest BCUT2D eigenvalue weighted by Gasteiger charge is 2.39. The van der Waals surface area contributed by atoms with Crippen molar-refractivity contribution in [2.45, 2.75) is 31.4 Å². The molecule has 1 saturated heterocycles. The summed E-state index contributed by atoms with van der Waals surface area (Å²) in [4.78, 5) is 13.1. The molecule has 168 valence electrons. The minimum Gasteiger partial charge on any atom is -0.492 e. The smallest absolute Gasteiger partial charge is 0.325 e. The Bertz CT molecular complexity index is 1010. The highest BCUT2D eigenvalue weighted by Crippen LogP contribution is 2.32. The number of methoxy groups -OCH3 is 1. The zero-order valence-corrected chi connectivity index (χ0v) is 19.5. The summed E-state index contributed by atoms with van der Waals surface area (Å²) >= 11 is 1.54. The van der Waals surface area contributed by atoms with Crippen molar-refractivity contribution in [3.63, 3.8) is 0 Å². The number of carbonyl (C=O) groups excluding carboxylic acids is 1. The standard InChI is InChI=1S/C22H27NO6S2/c1-4-28-20-7-5-6-17(21(20)27-3)14-29-22(24)19-15-30-13-12-23(19)31(25,26)18-10-8-16(2)9-11-18/h5-11,19H,4,12-15H2,1-3H3/t19-/m0/s1. The van der Waals surface area contributed by atoms with Gasteiger partial charge in [-0.1, -0.05) is 29.8 Å². The maximum absolute atomic E-state index is 13.2. The second kappa shape index (κ2) is 10.4. The van der Waals surface area contributed by atoms with Crippen LogP contribution >= 0.6 is 11.8 Å². The van der Waals surface area contributed by atoms with Crippen molar-refractivity contribution in [2.75, 3.05) is 31.8 Å². The van der Waals surface area contributed by atoms with Crippen LogP contribution in [0.5, 0.6) is 11.5 Å². The van der Waals surface area contributed by atoms with Crippen LogP contribution in [0.2, 0.25) is 0 Å². The van der Waals surface area contributed by atoms with Gasteiger partial charge < -0.3 is 14.2 Å². The Morgan fingerprint density at radius 1 is 1.19 bits per heavy atom. The van der Waals surface area contributed by atoms with Crippen molar-refractivity contribution in [1.29, 1.82) is 0 Å². The van der Waals surface area contributed by atoms with E-state index in [-0.39, 0.29) is 18.0 Å². The summed E-state index contributed by atoms with van der Waals surface area (Å²) in [5, 5.41) is 0. The summed E-state index contributed by atoms with van der Waals surface area (Å²) in [5.41, 5.74) is 1.62. The molecule has 1 heterocycles. The van der Waals surface area contributed by atoms with Gasteiger partial charge in [-0.2, -0.15) is 16.1 Å². The maximum Gasteiger partial charge on any atom is 0.325 e. The Kier molecular flexibility index (Phi) is 7.85. The number of thioether (sulfide) groups is 1. The molecule has 3 rings (SSSR count). The van der Waals surface area contributed by atoms with Crippen molar-refractivity contribution in [3.05, 3.63) is 53.6 Å². The number of aryl methyl sites for hydroxylation is 1. The van der Waals surface area contributed by atoms with Gasteiger partial charge in [0.2, 0.25) is 10.0 Å². The average Bonchev–Trinajstić information content (AvgIpc) is 2.78. The van der Waals surface area contributed by atoms with Crippen LogP contribution in [-0.4, -0.2) is 56.5 Å². The van der Waals surface area contributed by atoms with Crippen molar-refractivity contribution in [1.82, 2.24) is 4.31 Å². The van der Waals surface area contributed by atoms with E-state index >= 15 is 0 Å². The van der Waals surface area contributed by atoms with Crippen LogP contribution in [0.4, 0.5) is 0 Å². The first-order chi connectivity index (χ1) is 14.9. The average molecular weight is 466 g/mol. The highest BCUT2D eigenvalue weighted by atomic mass is 32.2. The predicted octanol–water partition coefficient (Wildman–Crippen LogP) is 3.25. The normalized spacial score (nSPS) is 17.2. The van der Waals surface area contributed by atoms with E-state index < -0.39 is 22.0 Å². The zero-order valence-electron chi connectivity index (χ0n) is 17.9. The molecule has 0 spiro atoms. The van der Waals surface area contributed by atoms with Crippen LogP contribution < -0.4 is 9.47 Å². The molecule has 1 aliphatic rings. The number of para-hydroxylation sites is 1. The summed E-state index contributed by atoms with van der Waals surface area (Å²) in [5.74, 6) is 1.46. The lowest BCUT2D eigenvalue weighted by Gasteiger charge is -2.32. The SMILES string of the molecule is CCOc1cccc(COC(=O)[C@@H]2CSCCN2S(=O)(=O)c2ccc(C)cc2)c1OC. The first-order valence-electron chi connectivity index (χ1n) is 10.00. The molecular formula is C22H27NO6S2. The van der Waals surface area contributed by atoms with Gasteiger partial charge in [0.25, 0.3) is 0 Å². The van der Waals surface area contributed by atoms with Crippen molar-refractivity contribution in [2.24, 2.45) is 0 Å². The van der Waals surface area contributed by atoms with Crippen molar-refractivity contribution >= 4 is 27.8 Å². The number of rotatable bonds is 8. The molecular weight excluding hydrogens is 438 g/mol. The molecule has 7 nitrogen and oxygen atoms in total. The Labute approximate surface area is 187 Å². The second-order valence-electron chi connectivity index (χ2n) is 7.01. The summed E-state index contributed by atoms with van der Waals surface area (Å²) in [6, 6.07) is 11.1. The molecule has 9 heteroatoms. The van der Waals surface area contributed by atoms with Crippen molar-refractivity contribution in [3.8, 4) is 11.5 Å². The van der Waals surface area contributed by atoms with Gasteiger partial charge in [0.05, 0.1) is 18.6 Å². The van der Waals surface area contributed by atoms with E-state index in [1.165, 1.54) is 23.2 Å². The van der Waals surface area contributed by atoms with E-state index in [0.717, 1.165) is 5.56 Å². The molecule has 1 aliphatic heterocycles. The number of hydrogen-bond acceptors (Lipinski definition) is 7. The number of hydrogen-bond donors (Lipinski definition) is 0. The fraction of sp³-hybridized carbons (Fsp3) is 0.409. The molecule has 1 fully saturated rings. The molecule has 0 amide bonds. The lowest BCUT2D eigenvalue weighted by atomic mass is 10.2. The van der Waals surface area contributed by atoms with Crippen LogP contribution in [0, 0.1) is 6.92 Å². The van der Waals surface area contributed by atoms with Crippen LogP contribution in [0.25, 0.3) is 0 Å².